The summed E-state index contributed by atoms with van der Waals surface area (Å²) in [7, 11) is -2.31. The van der Waals surface area contributed by atoms with E-state index in [9.17, 15) is 27.6 Å². The summed E-state index contributed by atoms with van der Waals surface area (Å²) in [6.07, 6.45) is 2.63. The number of oxime groups is 1. The number of thiophene rings is 1. The Kier molecular flexibility index (Phi) is 10.9. The Bertz CT molecular complexity index is 1750. The van der Waals surface area contributed by atoms with Crippen molar-refractivity contribution in [3.8, 4) is 16.2 Å². The number of alkyl carbamates (subject to hydrolysis) is 1. The third-order valence-corrected chi connectivity index (χ3v) is 11.3. The highest BCUT2D eigenvalue weighted by Gasteiger charge is 2.62. The average molecular weight is 730 g/mol. The van der Waals surface area contributed by atoms with E-state index in [-0.39, 0.29) is 32.4 Å². The zero-order valence-corrected chi connectivity index (χ0v) is 30.1. The number of benzene rings is 1. The minimum Gasteiger partial charge on any atom is -0.497 e. The number of rotatable bonds is 14. The van der Waals surface area contributed by atoms with Gasteiger partial charge in [-0.2, -0.15) is 0 Å². The zero-order valence-electron chi connectivity index (χ0n) is 28.5. The molecule has 2 aliphatic carbocycles. The van der Waals surface area contributed by atoms with Crippen molar-refractivity contribution in [3.63, 3.8) is 0 Å². The highest BCUT2D eigenvalue weighted by molar-refractivity contribution is 7.91. The number of likely N-dealkylation sites (tertiary alicyclic amines) is 1. The fraction of sp³-hybridized carbons (Fsp3) is 0.500. The summed E-state index contributed by atoms with van der Waals surface area (Å²) >= 11 is 1.57. The molecular formula is C34H43N5O9S2. The molecule has 2 heterocycles. The van der Waals surface area contributed by atoms with Gasteiger partial charge in [-0.15, -0.1) is 17.9 Å². The highest BCUT2D eigenvalue weighted by Crippen LogP contribution is 2.45. The van der Waals surface area contributed by atoms with Crippen molar-refractivity contribution in [2.45, 2.75) is 81.4 Å². The van der Waals surface area contributed by atoms with E-state index in [2.05, 4.69) is 27.1 Å². The van der Waals surface area contributed by atoms with Crippen LogP contribution in [0.15, 0.2) is 53.5 Å². The molecule has 2 saturated carbocycles. The van der Waals surface area contributed by atoms with E-state index in [1.807, 2.05) is 35.7 Å². The Morgan fingerprint density at radius 3 is 2.56 bits per heavy atom. The summed E-state index contributed by atoms with van der Waals surface area (Å²) in [6, 6.07) is 8.44. The van der Waals surface area contributed by atoms with Crippen LogP contribution in [0.2, 0.25) is 0 Å². The lowest BCUT2D eigenvalue weighted by molar-refractivity contribution is -0.139. The lowest BCUT2D eigenvalue weighted by atomic mass is 10.1. The molecule has 3 fully saturated rings. The molecule has 2 aromatic rings. The third kappa shape index (κ3) is 8.82. The van der Waals surface area contributed by atoms with Crippen molar-refractivity contribution in [1.29, 1.82) is 0 Å². The Morgan fingerprint density at radius 1 is 1.18 bits per heavy atom. The smallest absolute Gasteiger partial charge is 0.407 e. The standard InChI is InChI=1S/C34H43N5O9S2/c1-6-22-18-34(22,31(42)38-50(44,45)25-10-11-25)37-30(41)27-17-24(20-39(27)29(40)13-14-35-32(43)47-33(2,3)4)48-36-19-21-16-23(46-5)9-12-26(21)28-8-7-15-49-28/h6-9,12,15-16,19,22,24-25,27H,1,10-11,13-14,17-18,20H2,2-5H3,(H,35,43)(H,37,41)(H,38,42)/b36-19+/t22-,24?,27?,34+/m1/s1. The fourth-order valence-electron chi connectivity index (χ4n) is 5.75. The van der Waals surface area contributed by atoms with E-state index >= 15 is 0 Å². The Balaban J connectivity index is 1.31. The van der Waals surface area contributed by atoms with Gasteiger partial charge in [-0.3, -0.25) is 19.1 Å². The van der Waals surface area contributed by atoms with Gasteiger partial charge in [0, 0.05) is 41.3 Å². The molecule has 2 unspecified atom stereocenters. The number of hydrogen-bond acceptors (Lipinski definition) is 11. The molecule has 1 aromatic carbocycles. The number of carbonyl (C=O) groups excluding carboxylic acids is 4. The Hall–Kier alpha value is -4.44. The van der Waals surface area contributed by atoms with Crippen LogP contribution in [0.4, 0.5) is 4.79 Å². The summed E-state index contributed by atoms with van der Waals surface area (Å²) in [5, 5.41) is 10.8. The first-order valence-electron chi connectivity index (χ1n) is 16.3. The Labute approximate surface area is 295 Å². The van der Waals surface area contributed by atoms with Crippen molar-refractivity contribution in [2.75, 3.05) is 20.2 Å². The van der Waals surface area contributed by atoms with Gasteiger partial charge < -0.3 is 29.8 Å². The molecule has 4 amide bonds. The number of amides is 4. The summed E-state index contributed by atoms with van der Waals surface area (Å²) in [5.74, 6) is -1.81. The number of nitrogens with one attached hydrogen (secondary N) is 3. The first-order chi connectivity index (χ1) is 23.7. The lowest BCUT2D eigenvalue weighted by Gasteiger charge is -2.26. The van der Waals surface area contributed by atoms with Gasteiger partial charge in [0.2, 0.25) is 21.8 Å². The minimum absolute atomic E-state index is 0.00324. The van der Waals surface area contributed by atoms with E-state index in [1.54, 1.807) is 45.4 Å². The van der Waals surface area contributed by atoms with Gasteiger partial charge in [0.25, 0.3) is 5.91 Å². The van der Waals surface area contributed by atoms with Crippen LogP contribution < -0.4 is 20.1 Å². The molecule has 0 bridgehead atoms. The molecule has 14 nitrogen and oxygen atoms in total. The van der Waals surface area contributed by atoms with Crippen molar-refractivity contribution in [2.24, 2.45) is 11.1 Å². The van der Waals surface area contributed by atoms with Crippen molar-refractivity contribution in [3.05, 3.63) is 53.9 Å². The van der Waals surface area contributed by atoms with Crippen LogP contribution in [0, 0.1) is 5.92 Å². The van der Waals surface area contributed by atoms with Gasteiger partial charge in [0.1, 0.15) is 29.0 Å². The molecular weight excluding hydrogens is 687 g/mol. The van der Waals surface area contributed by atoms with Gasteiger partial charge in [0.15, 0.2) is 0 Å². The van der Waals surface area contributed by atoms with Gasteiger partial charge in [-0.25, -0.2) is 13.2 Å². The number of sulfonamides is 1. The second kappa shape index (κ2) is 14.8. The second-order valence-electron chi connectivity index (χ2n) is 13.6. The molecule has 3 N–H and O–H groups in total. The quantitative estimate of drug-likeness (QED) is 0.149. The molecule has 0 spiro atoms. The molecule has 1 saturated heterocycles. The van der Waals surface area contributed by atoms with Crippen LogP contribution in [0.1, 0.15) is 58.4 Å². The monoisotopic (exact) mass is 729 g/mol. The molecule has 16 heteroatoms. The van der Waals surface area contributed by atoms with Crippen molar-refractivity contribution < 1.29 is 41.9 Å². The Morgan fingerprint density at radius 2 is 1.94 bits per heavy atom. The molecule has 0 radical (unpaired) electrons. The zero-order chi connectivity index (χ0) is 36.3. The SMILES string of the molecule is C=C[C@@H]1C[C@@]1(NC(=O)C1CC(O/N=C/c2cc(OC)ccc2-c2cccs2)CN1C(=O)CCNC(=O)OC(C)(C)C)C(=O)NS(=O)(=O)C1CC1. The van der Waals surface area contributed by atoms with Crippen LogP contribution in [0.25, 0.3) is 10.4 Å². The van der Waals surface area contributed by atoms with E-state index in [4.69, 9.17) is 14.3 Å². The maximum absolute atomic E-state index is 13.9. The molecule has 50 heavy (non-hydrogen) atoms. The van der Waals surface area contributed by atoms with Gasteiger partial charge in [-0.1, -0.05) is 17.3 Å². The highest BCUT2D eigenvalue weighted by atomic mass is 32.2. The fourth-order valence-corrected chi connectivity index (χ4v) is 7.89. The average Bonchev–Trinajstić information content (AvgIpc) is 3.92. The molecule has 270 valence electrons. The van der Waals surface area contributed by atoms with Crippen LogP contribution in [-0.4, -0.2) is 92.1 Å². The number of nitrogens with zero attached hydrogens (tertiary/aromatic N) is 2. The largest absolute Gasteiger partial charge is 0.497 e. The molecule has 1 aliphatic heterocycles. The number of methoxy groups -OCH3 is 1. The molecule has 1 aromatic heterocycles. The first-order valence-corrected chi connectivity index (χ1v) is 18.8. The van der Waals surface area contributed by atoms with Crippen LogP contribution >= 0.6 is 11.3 Å². The van der Waals surface area contributed by atoms with Gasteiger partial charge in [0.05, 0.1) is 25.1 Å². The predicted molar refractivity (Wildman–Crippen MR) is 187 cm³/mol. The van der Waals surface area contributed by atoms with E-state index in [1.165, 1.54) is 11.0 Å². The molecule has 5 rings (SSSR count). The van der Waals surface area contributed by atoms with E-state index in [0.717, 1.165) is 16.0 Å². The van der Waals surface area contributed by atoms with E-state index in [0.29, 0.717) is 18.6 Å². The number of ether oxygens (including phenoxy) is 2. The molecule has 3 aliphatic rings. The molecule has 4 atom stereocenters. The van der Waals surface area contributed by atoms with Gasteiger partial charge >= 0.3 is 6.09 Å². The normalized spacial score (nSPS) is 23.2. The van der Waals surface area contributed by atoms with Crippen LogP contribution in [0.5, 0.6) is 5.75 Å². The first kappa shape index (κ1) is 36.8. The van der Waals surface area contributed by atoms with Crippen molar-refractivity contribution in [1.82, 2.24) is 20.3 Å². The predicted octanol–water partition coefficient (Wildman–Crippen LogP) is 3.33. The van der Waals surface area contributed by atoms with Crippen LogP contribution in [-0.2, 0) is 34.0 Å². The maximum Gasteiger partial charge on any atom is 0.407 e. The maximum atomic E-state index is 13.9. The number of carbonyl (C=O) groups is 4. The van der Waals surface area contributed by atoms with E-state index < -0.39 is 68.3 Å². The van der Waals surface area contributed by atoms with Crippen LogP contribution in [0.3, 0.4) is 0 Å². The van der Waals surface area contributed by atoms with Crippen molar-refractivity contribution >= 4 is 51.4 Å². The second-order valence-corrected chi connectivity index (χ2v) is 16.5. The lowest BCUT2D eigenvalue weighted by Crippen LogP contribution is -2.56. The summed E-state index contributed by atoms with van der Waals surface area (Å²) in [4.78, 5) is 60.9. The summed E-state index contributed by atoms with van der Waals surface area (Å²) in [6.45, 7) is 8.84. The summed E-state index contributed by atoms with van der Waals surface area (Å²) < 4.78 is 37.9. The topological polar surface area (TPSA) is 182 Å². The number of hydrogen-bond donors (Lipinski definition) is 3. The minimum atomic E-state index is -3.87. The third-order valence-electron chi connectivity index (χ3n) is 8.59. The van der Waals surface area contributed by atoms with Gasteiger partial charge in [-0.05, 0) is 69.7 Å². The summed E-state index contributed by atoms with van der Waals surface area (Å²) in [5.41, 5.74) is -0.591.